The van der Waals surface area contributed by atoms with Crippen molar-refractivity contribution in [3.05, 3.63) is 0 Å². The van der Waals surface area contributed by atoms with E-state index in [0.717, 1.165) is 36.3 Å². The number of thioether (sulfide) groups is 1. The Morgan fingerprint density at radius 2 is 1.74 bits per heavy atom. The molecule has 5 aliphatic rings. The zero-order chi connectivity index (χ0) is 13.0. The SMILES string of the molecule is CN(C1CCSC1)C1(CN)C2CC3CC(C2)CC1C3. The quantitative estimate of drug-likeness (QED) is 0.861. The van der Waals surface area contributed by atoms with Crippen LogP contribution in [0.25, 0.3) is 0 Å². The molecule has 5 fully saturated rings. The Balaban J connectivity index is 1.65. The molecule has 2 N–H and O–H groups in total. The fraction of sp³-hybridized carbons (Fsp3) is 1.00. The molecule has 0 radical (unpaired) electrons. The molecule has 1 aliphatic heterocycles. The van der Waals surface area contributed by atoms with Crippen molar-refractivity contribution >= 4 is 11.8 Å². The highest BCUT2D eigenvalue weighted by molar-refractivity contribution is 7.99. The van der Waals surface area contributed by atoms with E-state index in [1.54, 1.807) is 0 Å². The van der Waals surface area contributed by atoms with Crippen molar-refractivity contribution in [1.82, 2.24) is 4.90 Å². The maximum Gasteiger partial charge on any atom is 0.0388 e. The Hall–Kier alpha value is 0.270. The molecule has 2 nitrogen and oxygen atoms in total. The summed E-state index contributed by atoms with van der Waals surface area (Å²) >= 11 is 2.14. The highest BCUT2D eigenvalue weighted by atomic mass is 32.2. The molecule has 1 atom stereocenters. The third-order valence-electron chi connectivity index (χ3n) is 6.99. The summed E-state index contributed by atoms with van der Waals surface area (Å²) in [6.45, 7) is 0.902. The van der Waals surface area contributed by atoms with E-state index in [2.05, 4.69) is 23.7 Å². The monoisotopic (exact) mass is 280 g/mol. The minimum Gasteiger partial charge on any atom is -0.329 e. The van der Waals surface area contributed by atoms with Gasteiger partial charge in [0.2, 0.25) is 0 Å². The van der Waals surface area contributed by atoms with E-state index in [4.69, 9.17) is 5.73 Å². The average Bonchev–Trinajstić information content (AvgIpc) is 2.92. The first-order valence-corrected chi connectivity index (χ1v) is 9.40. The zero-order valence-electron chi connectivity index (χ0n) is 12.2. The Labute approximate surface area is 121 Å². The smallest absolute Gasteiger partial charge is 0.0388 e. The van der Waals surface area contributed by atoms with Crippen molar-refractivity contribution in [2.45, 2.75) is 50.1 Å². The van der Waals surface area contributed by atoms with Crippen molar-refractivity contribution in [3.8, 4) is 0 Å². The van der Waals surface area contributed by atoms with Crippen LogP contribution in [-0.2, 0) is 0 Å². The minimum absolute atomic E-state index is 0.364. The van der Waals surface area contributed by atoms with Crippen LogP contribution >= 0.6 is 11.8 Å². The van der Waals surface area contributed by atoms with Crippen molar-refractivity contribution in [2.24, 2.45) is 29.4 Å². The van der Waals surface area contributed by atoms with Gasteiger partial charge >= 0.3 is 0 Å². The highest BCUT2D eigenvalue weighted by Gasteiger charge is 2.59. The van der Waals surface area contributed by atoms with Crippen molar-refractivity contribution < 1.29 is 0 Å². The number of nitrogens with two attached hydrogens (primary N) is 1. The first-order valence-electron chi connectivity index (χ1n) is 8.24. The number of likely N-dealkylation sites (N-methyl/N-ethyl adjacent to an activating group) is 1. The topological polar surface area (TPSA) is 29.3 Å². The Morgan fingerprint density at radius 1 is 1.11 bits per heavy atom. The van der Waals surface area contributed by atoms with Gasteiger partial charge in [-0.05, 0) is 75.0 Å². The first-order chi connectivity index (χ1) is 9.24. The fourth-order valence-electron chi connectivity index (χ4n) is 6.22. The van der Waals surface area contributed by atoms with Gasteiger partial charge in [-0.25, -0.2) is 0 Å². The molecular weight excluding hydrogens is 252 g/mol. The normalized spacial score (nSPS) is 52.3. The number of rotatable bonds is 3. The van der Waals surface area contributed by atoms with Gasteiger partial charge in [0.05, 0.1) is 0 Å². The van der Waals surface area contributed by atoms with Gasteiger partial charge in [0.25, 0.3) is 0 Å². The van der Waals surface area contributed by atoms with Crippen LogP contribution in [0.2, 0.25) is 0 Å². The maximum absolute atomic E-state index is 6.41. The Morgan fingerprint density at radius 3 is 2.21 bits per heavy atom. The third-order valence-corrected chi connectivity index (χ3v) is 8.13. The lowest BCUT2D eigenvalue weighted by Gasteiger charge is -2.65. The summed E-state index contributed by atoms with van der Waals surface area (Å²) in [5, 5.41) is 0. The summed E-state index contributed by atoms with van der Waals surface area (Å²) in [6, 6.07) is 0.797. The molecule has 1 saturated heterocycles. The summed E-state index contributed by atoms with van der Waals surface area (Å²) < 4.78 is 0. The molecular formula is C16H28N2S. The molecule has 0 aromatic rings. The van der Waals surface area contributed by atoms with Crippen molar-refractivity contribution in [2.75, 3.05) is 25.1 Å². The lowest BCUT2D eigenvalue weighted by molar-refractivity contribution is -0.132. The van der Waals surface area contributed by atoms with E-state index in [0.29, 0.717) is 5.54 Å². The van der Waals surface area contributed by atoms with Gasteiger partial charge in [0.1, 0.15) is 0 Å². The zero-order valence-corrected chi connectivity index (χ0v) is 13.0. The van der Waals surface area contributed by atoms with Gasteiger partial charge in [0.15, 0.2) is 0 Å². The summed E-state index contributed by atoms with van der Waals surface area (Å²) in [7, 11) is 2.41. The van der Waals surface area contributed by atoms with E-state index >= 15 is 0 Å². The van der Waals surface area contributed by atoms with Crippen LogP contribution in [0, 0.1) is 23.7 Å². The van der Waals surface area contributed by atoms with E-state index in [1.165, 1.54) is 50.0 Å². The molecule has 108 valence electrons. The molecule has 0 aromatic heterocycles. The molecule has 1 heterocycles. The number of nitrogens with zero attached hydrogens (tertiary/aromatic N) is 1. The highest BCUT2D eigenvalue weighted by Crippen LogP contribution is 2.60. The van der Waals surface area contributed by atoms with E-state index < -0.39 is 0 Å². The fourth-order valence-corrected chi connectivity index (χ4v) is 7.49. The summed E-state index contributed by atoms with van der Waals surface area (Å²) in [5.41, 5.74) is 6.77. The molecule has 0 amide bonds. The van der Waals surface area contributed by atoms with Gasteiger partial charge in [-0.1, -0.05) is 0 Å². The number of hydrogen-bond donors (Lipinski definition) is 1. The standard InChI is InChI=1S/C16H28N2S/c1-18(15-2-3-19-9-15)16(10-17)13-5-11-4-12(7-13)8-14(16)6-11/h11-15H,2-10,17H2,1H3. The van der Waals surface area contributed by atoms with Crippen LogP contribution < -0.4 is 5.73 Å². The van der Waals surface area contributed by atoms with Crippen LogP contribution in [0.3, 0.4) is 0 Å². The van der Waals surface area contributed by atoms with Crippen LogP contribution in [0.4, 0.5) is 0 Å². The van der Waals surface area contributed by atoms with Crippen LogP contribution in [0.1, 0.15) is 38.5 Å². The van der Waals surface area contributed by atoms with Crippen LogP contribution in [0.15, 0.2) is 0 Å². The molecule has 0 spiro atoms. The second-order valence-corrected chi connectivity index (χ2v) is 8.78. The molecule has 5 rings (SSSR count). The Bertz CT molecular complexity index is 323. The third kappa shape index (κ3) is 1.77. The predicted molar refractivity (Wildman–Crippen MR) is 82.3 cm³/mol. The van der Waals surface area contributed by atoms with Gasteiger partial charge in [-0.15, -0.1) is 0 Å². The minimum atomic E-state index is 0.364. The van der Waals surface area contributed by atoms with Gasteiger partial charge in [0, 0.05) is 23.9 Å². The molecule has 1 unspecified atom stereocenters. The summed E-state index contributed by atoms with van der Waals surface area (Å²) in [6.07, 6.45) is 8.84. The maximum atomic E-state index is 6.41. The molecule has 19 heavy (non-hydrogen) atoms. The molecule has 3 heteroatoms. The van der Waals surface area contributed by atoms with Crippen LogP contribution in [-0.4, -0.2) is 41.6 Å². The average molecular weight is 280 g/mol. The summed E-state index contributed by atoms with van der Waals surface area (Å²) in [5.74, 6) is 6.61. The van der Waals surface area contributed by atoms with E-state index in [-0.39, 0.29) is 0 Å². The lowest BCUT2D eigenvalue weighted by atomic mass is 9.48. The van der Waals surface area contributed by atoms with Crippen LogP contribution in [0.5, 0.6) is 0 Å². The molecule has 0 aromatic carbocycles. The molecule has 4 bridgehead atoms. The Kier molecular flexibility index (Phi) is 3.17. The largest absolute Gasteiger partial charge is 0.329 e. The van der Waals surface area contributed by atoms with Gasteiger partial charge in [-0.3, -0.25) is 4.90 Å². The van der Waals surface area contributed by atoms with Crippen molar-refractivity contribution in [1.29, 1.82) is 0 Å². The van der Waals surface area contributed by atoms with Gasteiger partial charge < -0.3 is 5.73 Å². The van der Waals surface area contributed by atoms with Gasteiger partial charge in [-0.2, -0.15) is 11.8 Å². The number of hydrogen-bond acceptors (Lipinski definition) is 3. The summed E-state index contributed by atoms with van der Waals surface area (Å²) in [4.78, 5) is 2.78. The molecule has 4 saturated carbocycles. The lowest BCUT2D eigenvalue weighted by Crippen LogP contribution is -2.70. The second-order valence-electron chi connectivity index (χ2n) is 7.63. The first kappa shape index (κ1) is 13.0. The van der Waals surface area contributed by atoms with E-state index in [9.17, 15) is 0 Å². The van der Waals surface area contributed by atoms with Crippen molar-refractivity contribution in [3.63, 3.8) is 0 Å². The second kappa shape index (κ2) is 4.64. The molecule has 4 aliphatic carbocycles. The van der Waals surface area contributed by atoms with E-state index in [1.807, 2.05) is 0 Å². The predicted octanol–water partition coefficient (Wildman–Crippen LogP) is 2.58.